The van der Waals surface area contributed by atoms with Crippen LogP contribution in [0.5, 0.6) is 0 Å². The van der Waals surface area contributed by atoms with E-state index >= 15 is 0 Å². The van der Waals surface area contributed by atoms with Crippen LogP contribution in [0.2, 0.25) is 0 Å². The summed E-state index contributed by atoms with van der Waals surface area (Å²) in [6.45, 7) is 12.4. The van der Waals surface area contributed by atoms with Crippen molar-refractivity contribution in [2.75, 3.05) is 20.1 Å². The summed E-state index contributed by atoms with van der Waals surface area (Å²) in [4.78, 5) is 2.38. The molecule has 1 aromatic rings. The van der Waals surface area contributed by atoms with Crippen LogP contribution in [0.3, 0.4) is 0 Å². The molecule has 112 valence electrons. The third-order valence-corrected chi connectivity index (χ3v) is 3.27. The van der Waals surface area contributed by atoms with Crippen molar-refractivity contribution in [1.29, 1.82) is 0 Å². The lowest BCUT2D eigenvalue weighted by molar-refractivity contribution is 0.323. The lowest BCUT2D eigenvalue weighted by Gasteiger charge is -2.17. The van der Waals surface area contributed by atoms with Gasteiger partial charge in [0.1, 0.15) is 0 Å². The molecule has 0 amide bonds. The van der Waals surface area contributed by atoms with Crippen LogP contribution in [0, 0.1) is 5.92 Å². The second-order valence-electron chi connectivity index (χ2n) is 6.01. The zero-order valence-electron chi connectivity index (χ0n) is 13.4. The van der Waals surface area contributed by atoms with Gasteiger partial charge in [-0.2, -0.15) is 0 Å². The summed E-state index contributed by atoms with van der Waals surface area (Å²) in [5, 5.41) is 3.50. The van der Waals surface area contributed by atoms with E-state index in [9.17, 15) is 0 Å². The van der Waals surface area contributed by atoms with Gasteiger partial charge >= 0.3 is 0 Å². The van der Waals surface area contributed by atoms with Crippen molar-refractivity contribution in [3.63, 3.8) is 0 Å². The van der Waals surface area contributed by atoms with Gasteiger partial charge in [-0.1, -0.05) is 44.2 Å². The summed E-state index contributed by atoms with van der Waals surface area (Å²) in [6.07, 6.45) is 4.29. The van der Waals surface area contributed by atoms with Gasteiger partial charge < -0.3 is 10.2 Å². The van der Waals surface area contributed by atoms with Crippen molar-refractivity contribution in [1.82, 2.24) is 10.2 Å². The number of allylic oxidation sites excluding steroid dienone is 1. The molecule has 2 nitrogen and oxygen atoms in total. The second-order valence-corrected chi connectivity index (χ2v) is 6.01. The van der Waals surface area contributed by atoms with Crippen LogP contribution in [-0.4, -0.2) is 25.0 Å². The molecule has 0 aromatic heterocycles. The van der Waals surface area contributed by atoms with Gasteiger partial charge in [-0.05, 0) is 50.0 Å². The highest BCUT2D eigenvalue weighted by atomic mass is 15.1. The van der Waals surface area contributed by atoms with Crippen LogP contribution in [0.4, 0.5) is 0 Å². The molecule has 0 atom stereocenters. The van der Waals surface area contributed by atoms with Crippen LogP contribution < -0.4 is 5.32 Å². The minimum Gasteiger partial charge on any atom is -0.312 e. The first kappa shape index (κ1) is 16.9. The molecule has 0 spiro atoms. The van der Waals surface area contributed by atoms with Crippen LogP contribution >= 0.6 is 0 Å². The summed E-state index contributed by atoms with van der Waals surface area (Å²) in [5.41, 5.74) is 2.78. The standard InChI is InChI=1S/C18H30N2/c1-5-6-7-11-20(4)15-18-10-8-9-17(12-18)14-19-13-16(2)3/h5,8-10,12,16,19H,1,6-7,11,13-15H2,2-4H3. The molecule has 0 bridgehead atoms. The van der Waals surface area contributed by atoms with Crippen LogP contribution in [-0.2, 0) is 13.1 Å². The first-order valence-electron chi connectivity index (χ1n) is 7.69. The molecule has 0 unspecified atom stereocenters. The van der Waals surface area contributed by atoms with E-state index in [0.29, 0.717) is 5.92 Å². The minimum absolute atomic E-state index is 0.703. The summed E-state index contributed by atoms with van der Waals surface area (Å²) in [7, 11) is 2.19. The molecule has 1 aromatic carbocycles. The smallest absolute Gasteiger partial charge is 0.0230 e. The van der Waals surface area contributed by atoms with Gasteiger partial charge in [-0.25, -0.2) is 0 Å². The van der Waals surface area contributed by atoms with Crippen LogP contribution in [0.25, 0.3) is 0 Å². The number of rotatable bonds is 10. The monoisotopic (exact) mass is 274 g/mol. The van der Waals surface area contributed by atoms with E-state index in [-0.39, 0.29) is 0 Å². The molecule has 0 aliphatic rings. The Labute approximate surface area is 124 Å². The Morgan fingerprint density at radius 3 is 2.75 bits per heavy atom. The fourth-order valence-corrected chi connectivity index (χ4v) is 2.24. The average molecular weight is 274 g/mol. The number of hydrogen-bond acceptors (Lipinski definition) is 2. The lowest BCUT2D eigenvalue weighted by Crippen LogP contribution is -2.20. The molecule has 0 fully saturated rings. The molecule has 0 radical (unpaired) electrons. The molecule has 0 heterocycles. The summed E-state index contributed by atoms with van der Waals surface area (Å²) >= 11 is 0. The van der Waals surface area contributed by atoms with Gasteiger partial charge in [-0.15, -0.1) is 6.58 Å². The van der Waals surface area contributed by atoms with Crippen molar-refractivity contribution >= 4 is 0 Å². The highest BCUT2D eigenvalue weighted by Gasteiger charge is 2.01. The number of unbranched alkanes of at least 4 members (excludes halogenated alkanes) is 1. The predicted molar refractivity (Wildman–Crippen MR) is 88.8 cm³/mol. The molecular formula is C18H30N2. The highest BCUT2D eigenvalue weighted by molar-refractivity contribution is 5.23. The number of nitrogens with zero attached hydrogens (tertiary/aromatic N) is 1. The van der Waals surface area contributed by atoms with E-state index in [1.54, 1.807) is 0 Å². The quantitative estimate of drug-likeness (QED) is 0.515. The van der Waals surface area contributed by atoms with Gasteiger partial charge in [0.25, 0.3) is 0 Å². The van der Waals surface area contributed by atoms with Crippen molar-refractivity contribution in [3.05, 3.63) is 48.0 Å². The Hall–Kier alpha value is -1.12. The fourth-order valence-electron chi connectivity index (χ4n) is 2.24. The highest BCUT2D eigenvalue weighted by Crippen LogP contribution is 2.08. The van der Waals surface area contributed by atoms with Crippen molar-refractivity contribution in [2.24, 2.45) is 5.92 Å². The largest absolute Gasteiger partial charge is 0.312 e. The average Bonchev–Trinajstić information content (AvgIpc) is 2.39. The van der Waals surface area contributed by atoms with Crippen LogP contribution in [0.15, 0.2) is 36.9 Å². The van der Waals surface area contributed by atoms with Gasteiger partial charge in [-0.3, -0.25) is 0 Å². The third-order valence-electron chi connectivity index (χ3n) is 3.27. The molecule has 1 N–H and O–H groups in total. The zero-order chi connectivity index (χ0) is 14.8. The van der Waals surface area contributed by atoms with Gasteiger partial charge in [0.05, 0.1) is 0 Å². The molecular weight excluding hydrogens is 244 g/mol. The van der Waals surface area contributed by atoms with Gasteiger partial charge in [0, 0.05) is 13.1 Å². The van der Waals surface area contributed by atoms with Crippen molar-refractivity contribution in [3.8, 4) is 0 Å². The van der Waals surface area contributed by atoms with Crippen molar-refractivity contribution in [2.45, 2.75) is 39.8 Å². The SMILES string of the molecule is C=CCCCN(C)Cc1cccc(CNCC(C)C)c1. The number of nitrogens with one attached hydrogen (secondary N) is 1. The molecule has 20 heavy (non-hydrogen) atoms. The van der Waals surface area contributed by atoms with Crippen molar-refractivity contribution < 1.29 is 0 Å². The van der Waals surface area contributed by atoms with Gasteiger partial charge in [0.2, 0.25) is 0 Å². The molecule has 0 saturated heterocycles. The predicted octanol–water partition coefficient (Wildman–Crippen LogP) is 3.83. The van der Waals surface area contributed by atoms with E-state index in [1.807, 2.05) is 6.08 Å². The maximum absolute atomic E-state index is 3.77. The van der Waals surface area contributed by atoms with Gasteiger partial charge in [0.15, 0.2) is 0 Å². The second kappa shape index (κ2) is 9.73. The van der Waals surface area contributed by atoms with E-state index in [2.05, 4.69) is 62.0 Å². The third kappa shape index (κ3) is 7.46. The fraction of sp³-hybridized carbons (Fsp3) is 0.556. The summed E-state index contributed by atoms with van der Waals surface area (Å²) in [6, 6.07) is 8.90. The Kier molecular flexibility index (Phi) is 8.24. The molecule has 2 heteroatoms. The number of hydrogen-bond donors (Lipinski definition) is 1. The Bertz CT molecular complexity index is 385. The van der Waals surface area contributed by atoms with E-state index in [0.717, 1.165) is 32.6 Å². The number of benzene rings is 1. The Morgan fingerprint density at radius 1 is 1.30 bits per heavy atom. The summed E-state index contributed by atoms with van der Waals surface area (Å²) < 4.78 is 0. The minimum atomic E-state index is 0.703. The lowest BCUT2D eigenvalue weighted by atomic mass is 10.1. The molecule has 0 aliphatic carbocycles. The first-order chi connectivity index (χ1) is 9.61. The zero-order valence-corrected chi connectivity index (χ0v) is 13.4. The Balaban J connectivity index is 2.40. The van der Waals surface area contributed by atoms with E-state index in [1.165, 1.54) is 17.5 Å². The molecule has 0 saturated carbocycles. The van der Waals surface area contributed by atoms with Crippen LogP contribution in [0.1, 0.15) is 37.8 Å². The maximum Gasteiger partial charge on any atom is 0.0230 e. The first-order valence-corrected chi connectivity index (χ1v) is 7.69. The molecule has 1 rings (SSSR count). The molecule has 0 aliphatic heterocycles. The van der Waals surface area contributed by atoms with E-state index in [4.69, 9.17) is 0 Å². The Morgan fingerprint density at radius 2 is 2.05 bits per heavy atom. The topological polar surface area (TPSA) is 15.3 Å². The maximum atomic E-state index is 3.77. The van der Waals surface area contributed by atoms with E-state index < -0.39 is 0 Å². The normalized spacial score (nSPS) is 11.2. The summed E-state index contributed by atoms with van der Waals surface area (Å²) in [5.74, 6) is 0.703.